The van der Waals surface area contributed by atoms with Crippen molar-refractivity contribution in [1.29, 1.82) is 21.6 Å². The second-order valence-corrected chi connectivity index (χ2v) is 14.5. The van der Waals surface area contributed by atoms with Crippen molar-refractivity contribution >= 4 is 55.8 Å². The number of ether oxygens (including phenoxy) is 4. The van der Waals surface area contributed by atoms with Crippen LogP contribution in [0.4, 0.5) is 0 Å². The van der Waals surface area contributed by atoms with Gasteiger partial charge < -0.3 is 29.6 Å². The predicted molar refractivity (Wildman–Crippen MR) is 207 cm³/mol. The molecule has 2 aliphatic heterocycles. The van der Waals surface area contributed by atoms with Gasteiger partial charge in [-0.05, 0) is 84.6 Å². The SMILES string of the molecule is N=C(CCCCC(=N)SC(=N)NC(=O)Cc1cccc(OCCN2CCOCC2)c1)SC(=N)NC(=O)Cc1cccc(OCCN2CCOCC2)c1. The molecule has 0 saturated carbocycles. The summed E-state index contributed by atoms with van der Waals surface area (Å²) in [7, 11) is 0. The van der Waals surface area contributed by atoms with Crippen LogP contribution < -0.4 is 20.1 Å². The Kier molecular flexibility index (Phi) is 18.1. The molecule has 2 aliphatic rings. The van der Waals surface area contributed by atoms with Crippen molar-refractivity contribution in [3.05, 3.63) is 59.7 Å². The lowest BCUT2D eigenvalue weighted by molar-refractivity contribution is -0.119. The lowest BCUT2D eigenvalue weighted by Gasteiger charge is -2.26. The zero-order chi connectivity index (χ0) is 37.0. The highest BCUT2D eigenvalue weighted by molar-refractivity contribution is 8.26. The van der Waals surface area contributed by atoms with Crippen LogP contribution in [0.15, 0.2) is 48.5 Å². The van der Waals surface area contributed by atoms with Crippen LogP contribution in [0, 0.1) is 21.6 Å². The number of hydrogen-bond acceptors (Lipinski definition) is 14. The Morgan fingerprint density at radius 2 is 1.06 bits per heavy atom. The number of carbonyl (C=O) groups excluding carboxylic acids is 2. The third-order valence-electron chi connectivity index (χ3n) is 8.10. The third kappa shape index (κ3) is 16.7. The summed E-state index contributed by atoms with van der Waals surface area (Å²) in [6.07, 6.45) is 2.19. The number of morpholine rings is 2. The fourth-order valence-electron chi connectivity index (χ4n) is 5.41. The van der Waals surface area contributed by atoms with E-state index in [0.717, 1.165) is 100 Å². The minimum absolute atomic E-state index is 0.0877. The molecule has 2 aromatic carbocycles. The van der Waals surface area contributed by atoms with Crippen molar-refractivity contribution in [3.8, 4) is 11.5 Å². The van der Waals surface area contributed by atoms with Crippen molar-refractivity contribution in [2.45, 2.75) is 38.5 Å². The number of unbranched alkanes of at least 4 members (excludes halogenated alkanes) is 1. The first kappa shape index (κ1) is 41.0. The lowest BCUT2D eigenvalue weighted by Crippen LogP contribution is -2.38. The van der Waals surface area contributed by atoms with Crippen LogP contribution in [0.2, 0.25) is 0 Å². The normalized spacial score (nSPS) is 15.0. The van der Waals surface area contributed by atoms with Crippen molar-refractivity contribution in [2.24, 2.45) is 0 Å². The van der Waals surface area contributed by atoms with E-state index in [1.54, 1.807) is 0 Å². The Morgan fingerprint density at radius 1 is 0.654 bits per heavy atom. The second kappa shape index (κ2) is 23.0. The highest BCUT2D eigenvalue weighted by Gasteiger charge is 2.14. The minimum atomic E-state index is -0.339. The van der Waals surface area contributed by atoms with E-state index in [1.807, 2.05) is 48.5 Å². The van der Waals surface area contributed by atoms with Gasteiger partial charge in [0.15, 0.2) is 10.3 Å². The highest BCUT2D eigenvalue weighted by Crippen LogP contribution is 2.17. The van der Waals surface area contributed by atoms with E-state index in [0.29, 0.717) is 50.4 Å². The van der Waals surface area contributed by atoms with Crippen molar-refractivity contribution in [1.82, 2.24) is 20.4 Å². The van der Waals surface area contributed by atoms with Crippen molar-refractivity contribution < 1.29 is 28.5 Å². The number of thioether (sulfide) groups is 2. The molecule has 0 atom stereocenters. The third-order valence-corrected chi connectivity index (χ3v) is 9.61. The van der Waals surface area contributed by atoms with E-state index < -0.39 is 0 Å². The van der Waals surface area contributed by atoms with Crippen molar-refractivity contribution in [2.75, 3.05) is 78.9 Å². The molecule has 14 nitrogen and oxygen atoms in total. The van der Waals surface area contributed by atoms with Gasteiger partial charge in [-0.2, -0.15) is 0 Å². The van der Waals surface area contributed by atoms with E-state index in [4.69, 9.17) is 40.6 Å². The molecule has 2 amide bonds. The number of amidine groups is 2. The Balaban J connectivity index is 1.03. The summed E-state index contributed by atoms with van der Waals surface area (Å²) in [5, 5.41) is 38.0. The maximum Gasteiger partial charge on any atom is 0.230 e. The molecule has 16 heteroatoms. The summed E-state index contributed by atoms with van der Waals surface area (Å²) >= 11 is 1.79. The van der Waals surface area contributed by atoms with E-state index >= 15 is 0 Å². The quantitative estimate of drug-likeness (QED) is 0.0781. The predicted octanol–water partition coefficient (Wildman–Crippen LogP) is 3.98. The van der Waals surface area contributed by atoms with Crippen LogP contribution in [-0.2, 0) is 31.9 Å². The summed E-state index contributed by atoms with van der Waals surface area (Å²) in [4.78, 5) is 29.7. The van der Waals surface area contributed by atoms with Gasteiger partial charge in [0.1, 0.15) is 24.7 Å². The van der Waals surface area contributed by atoms with Crippen LogP contribution in [-0.4, -0.2) is 121 Å². The number of amides is 2. The molecular weight excluding hydrogens is 705 g/mol. The van der Waals surface area contributed by atoms with E-state index in [2.05, 4.69) is 20.4 Å². The van der Waals surface area contributed by atoms with Crippen LogP contribution in [0.3, 0.4) is 0 Å². The van der Waals surface area contributed by atoms with Gasteiger partial charge in [0.25, 0.3) is 0 Å². The average molecular weight is 755 g/mol. The number of hydrogen-bond donors (Lipinski definition) is 6. The Bertz CT molecular complexity index is 1410. The fourth-order valence-corrected chi connectivity index (χ4v) is 6.72. The molecule has 52 heavy (non-hydrogen) atoms. The fraction of sp³-hybridized carbons (Fsp3) is 0.500. The van der Waals surface area contributed by atoms with E-state index in [9.17, 15) is 9.59 Å². The van der Waals surface area contributed by atoms with Crippen LogP contribution >= 0.6 is 23.5 Å². The molecule has 282 valence electrons. The van der Waals surface area contributed by atoms with E-state index in [-0.39, 0.29) is 45.1 Å². The molecule has 2 heterocycles. The molecule has 6 N–H and O–H groups in total. The summed E-state index contributed by atoms with van der Waals surface area (Å²) in [6.45, 7) is 9.27. The monoisotopic (exact) mass is 754 g/mol. The van der Waals surface area contributed by atoms with Gasteiger partial charge in [-0.3, -0.25) is 41.0 Å². The standard InChI is InChI=1S/C36H50N8O6S2/c37-31(51-35(39)41-33(45)25-27-5-3-7-29(23-27)49-21-15-43-11-17-47-18-12-43)9-1-2-10-32(38)52-36(40)42-34(46)26-28-6-4-8-30(24-28)50-22-16-44-13-19-48-20-14-44/h3-8,23-24,37-38H,1-2,9-22,25-26H2,(H2,39,41,45)(H2,40,42,46). The van der Waals surface area contributed by atoms with Crippen LogP contribution in [0.1, 0.15) is 36.8 Å². The Labute approximate surface area is 314 Å². The van der Waals surface area contributed by atoms with Gasteiger partial charge in [-0.25, -0.2) is 0 Å². The first-order chi connectivity index (χ1) is 25.2. The maximum atomic E-state index is 12.5. The zero-order valence-electron chi connectivity index (χ0n) is 29.5. The van der Waals surface area contributed by atoms with Crippen LogP contribution in [0.25, 0.3) is 0 Å². The molecule has 0 spiro atoms. The molecule has 0 radical (unpaired) electrons. The average Bonchev–Trinajstić information content (AvgIpc) is 3.11. The maximum absolute atomic E-state index is 12.5. The second-order valence-electron chi connectivity index (χ2n) is 12.3. The minimum Gasteiger partial charge on any atom is -0.492 e. The molecular formula is C36H50N8O6S2. The summed E-state index contributed by atoms with van der Waals surface area (Å²) in [6, 6.07) is 14.7. The number of rotatable bonds is 17. The Hall–Kier alpha value is -3.80. The van der Waals surface area contributed by atoms with Gasteiger partial charge in [-0.15, -0.1) is 0 Å². The van der Waals surface area contributed by atoms with Crippen molar-refractivity contribution in [3.63, 3.8) is 0 Å². The topological polar surface area (TPSA) is 197 Å². The van der Waals surface area contributed by atoms with Gasteiger partial charge in [-0.1, -0.05) is 24.3 Å². The summed E-state index contributed by atoms with van der Waals surface area (Å²) in [5.74, 6) is 0.704. The van der Waals surface area contributed by atoms with Gasteiger partial charge in [0, 0.05) is 39.3 Å². The molecule has 0 aromatic heterocycles. The molecule has 4 rings (SSSR count). The number of nitrogens with zero attached hydrogens (tertiary/aromatic N) is 2. The largest absolute Gasteiger partial charge is 0.492 e. The van der Waals surface area contributed by atoms with Crippen LogP contribution in [0.5, 0.6) is 11.5 Å². The lowest BCUT2D eigenvalue weighted by atomic mass is 10.1. The smallest absolute Gasteiger partial charge is 0.230 e. The van der Waals surface area contributed by atoms with Gasteiger partial charge in [0.2, 0.25) is 11.8 Å². The molecule has 2 fully saturated rings. The van der Waals surface area contributed by atoms with Gasteiger partial charge in [0.05, 0.1) is 49.4 Å². The highest BCUT2D eigenvalue weighted by atomic mass is 32.2. The van der Waals surface area contributed by atoms with E-state index in [1.165, 1.54) is 0 Å². The number of nitrogens with one attached hydrogen (secondary N) is 6. The molecule has 0 bridgehead atoms. The first-order valence-electron chi connectivity index (χ1n) is 17.5. The summed E-state index contributed by atoms with van der Waals surface area (Å²) in [5.41, 5.74) is 1.54. The summed E-state index contributed by atoms with van der Waals surface area (Å²) < 4.78 is 22.5. The Morgan fingerprint density at radius 3 is 1.46 bits per heavy atom. The number of carbonyl (C=O) groups is 2. The van der Waals surface area contributed by atoms with Gasteiger partial charge >= 0.3 is 0 Å². The first-order valence-corrected chi connectivity index (χ1v) is 19.2. The molecule has 0 aliphatic carbocycles. The molecule has 2 saturated heterocycles. The zero-order valence-corrected chi connectivity index (χ0v) is 31.1. The molecule has 0 unspecified atom stereocenters. The molecule has 2 aromatic rings. The number of benzene rings is 2.